The summed E-state index contributed by atoms with van der Waals surface area (Å²) in [5.74, 6) is 0.605. The maximum Gasteiger partial charge on any atom is 0.350 e. The summed E-state index contributed by atoms with van der Waals surface area (Å²) in [5, 5.41) is 13.8. The van der Waals surface area contributed by atoms with E-state index < -0.39 is 5.41 Å². The van der Waals surface area contributed by atoms with Crippen LogP contribution in [0.25, 0.3) is 5.69 Å². The molecule has 1 amide bonds. The van der Waals surface area contributed by atoms with Crippen molar-refractivity contribution in [3.8, 4) is 11.8 Å². The van der Waals surface area contributed by atoms with Gasteiger partial charge in [-0.3, -0.25) is 4.79 Å². The molecule has 2 heterocycles. The van der Waals surface area contributed by atoms with Gasteiger partial charge in [-0.05, 0) is 37.8 Å². The number of para-hydroxylation sites is 1. The van der Waals surface area contributed by atoms with Crippen LogP contribution in [0.15, 0.2) is 35.1 Å². The molecule has 4 rings (SSSR count). The second-order valence-corrected chi connectivity index (χ2v) is 7.22. The second kappa shape index (κ2) is 6.13. The molecule has 0 unspecified atom stereocenters. The molecule has 0 radical (unpaired) electrons. The predicted molar refractivity (Wildman–Crippen MR) is 94.6 cm³/mol. The average molecular weight is 351 g/mol. The highest BCUT2D eigenvalue weighted by molar-refractivity contribution is 5.88. The lowest BCUT2D eigenvalue weighted by atomic mass is 9.95. The highest BCUT2D eigenvalue weighted by Crippen LogP contribution is 2.47. The highest BCUT2D eigenvalue weighted by Gasteiger charge is 2.53. The minimum absolute atomic E-state index is 0.0173. The molecule has 1 aromatic heterocycles. The van der Waals surface area contributed by atoms with Gasteiger partial charge in [-0.15, -0.1) is 0 Å². The molecule has 0 spiro atoms. The molecule has 2 fully saturated rings. The van der Waals surface area contributed by atoms with Crippen LogP contribution in [0.1, 0.15) is 37.4 Å². The molecular weight excluding hydrogens is 330 g/mol. The van der Waals surface area contributed by atoms with Gasteiger partial charge in [0.05, 0.1) is 11.8 Å². The van der Waals surface area contributed by atoms with Gasteiger partial charge in [0.1, 0.15) is 11.2 Å². The fourth-order valence-electron chi connectivity index (χ4n) is 3.74. The summed E-state index contributed by atoms with van der Waals surface area (Å²) >= 11 is 0. The lowest BCUT2D eigenvalue weighted by molar-refractivity contribution is -0.136. The van der Waals surface area contributed by atoms with E-state index >= 15 is 0 Å². The molecule has 2 aromatic rings. The molecule has 7 nitrogen and oxygen atoms in total. The molecule has 26 heavy (non-hydrogen) atoms. The molecule has 1 saturated heterocycles. The van der Waals surface area contributed by atoms with Crippen LogP contribution in [-0.2, 0) is 11.8 Å². The maximum absolute atomic E-state index is 12.7. The van der Waals surface area contributed by atoms with E-state index in [1.54, 1.807) is 16.5 Å². The third kappa shape index (κ3) is 2.62. The average Bonchev–Trinajstić information content (AvgIpc) is 3.43. The summed E-state index contributed by atoms with van der Waals surface area (Å²) < 4.78 is 2.98. The fourth-order valence-corrected chi connectivity index (χ4v) is 3.74. The first-order valence-electron chi connectivity index (χ1n) is 8.98. The SMILES string of the molecule is Cn1nc([C@@H]2CCCN(C(=O)C3(C#N)CC3)C2)n(-c2ccccc2)c1=O. The molecule has 1 aliphatic carbocycles. The Hall–Kier alpha value is -2.88. The number of aromatic nitrogens is 3. The van der Waals surface area contributed by atoms with E-state index in [1.165, 1.54) is 4.68 Å². The number of rotatable bonds is 3. The fraction of sp³-hybridized carbons (Fsp3) is 0.474. The lowest BCUT2D eigenvalue weighted by Gasteiger charge is -2.33. The first kappa shape index (κ1) is 16.6. The zero-order chi connectivity index (χ0) is 18.3. The molecule has 0 bridgehead atoms. The van der Waals surface area contributed by atoms with Gasteiger partial charge in [0.2, 0.25) is 5.91 Å². The van der Waals surface area contributed by atoms with Gasteiger partial charge in [-0.2, -0.15) is 10.4 Å². The van der Waals surface area contributed by atoms with Crippen molar-refractivity contribution in [2.75, 3.05) is 13.1 Å². The number of hydrogen-bond donors (Lipinski definition) is 0. The summed E-state index contributed by atoms with van der Waals surface area (Å²) in [4.78, 5) is 27.1. The number of carbonyl (C=O) groups excluding carboxylic acids is 1. The van der Waals surface area contributed by atoms with Gasteiger partial charge in [-0.1, -0.05) is 18.2 Å². The first-order valence-corrected chi connectivity index (χ1v) is 8.98. The van der Waals surface area contributed by atoms with Crippen LogP contribution in [-0.4, -0.2) is 38.2 Å². The van der Waals surface area contributed by atoms with Gasteiger partial charge >= 0.3 is 5.69 Å². The van der Waals surface area contributed by atoms with Crippen LogP contribution in [0, 0.1) is 16.7 Å². The molecule has 2 aliphatic rings. The van der Waals surface area contributed by atoms with Gasteiger partial charge in [0.15, 0.2) is 0 Å². The van der Waals surface area contributed by atoms with Crippen LogP contribution < -0.4 is 5.69 Å². The van der Waals surface area contributed by atoms with Gasteiger partial charge < -0.3 is 4.90 Å². The predicted octanol–water partition coefficient (Wildman–Crippen LogP) is 1.58. The maximum atomic E-state index is 12.7. The molecule has 7 heteroatoms. The number of nitriles is 1. The van der Waals surface area contributed by atoms with Gasteiger partial charge in [-0.25, -0.2) is 14.0 Å². The highest BCUT2D eigenvalue weighted by atomic mass is 16.2. The smallest absolute Gasteiger partial charge is 0.341 e. The quantitative estimate of drug-likeness (QED) is 0.840. The lowest BCUT2D eigenvalue weighted by Crippen LogP contribution is -2.43. The molecule has 1 saturated carbocycles. The van der Waals surface area contributed by atoms with Crippen molar-refractivity contribution in [3.63, 3.8) is 0 Å². The van der Waals surface area contributed by atoms with Gasteiger partial charge in [0, 0.05) is 26.1 Å². The summed E-state index contributed by atoms with van der Waals surface area (Å²) in [6.45, 7) is 1.17. The molecule has 1 atom stereocenters. The zero-order valence-corrected chi connectivity index (χ0v) is 14.8. The molecule has 1 aromatic carbocycles. The van der Waals surface area contributed by atoms with Crippen molar-refractivity contribution in [2.24, 2.45) is 12.5 Å². The summed E-state index contributed by atoms with van der Waals surface area (Å²) in [7, 11) is 1.64. The van der Waals surface area contributed by atoms with Crippen LogP contribution in [0.2, 0.25) is 0 Å². The van der Waals surface area contributed by atoms with Crippen LogP contribution in [0.5, 0.6) is 0 Å². The Morgan fingerprint density at radius 3 is 2.69 bits per heavy atom. The number of piperidine rings is 1. The number of amides is 1. The number of aryl methyl sites for hydroxylation is 1. The van der Waals surface area contributed by atoms with Crippen LogP contribution in [0.4, 0.5) is 0 Å². The second-order valence-electron chi connectivity index (χ2n) is 7.22. The van der Waals surface area contributed by atoms with Crippen LogP contribution in [0.3, 0.4) is 0 Å². The number of benzene rings is 1. The number of likely N-dealkylation sites (tertiary alicyclic amines) is 1. The molecule has 0 N–H and O–H groups in total. The number of carbonyl (C=O) groups is 1. The number of hydrogen-bond acceptors (Lipinski definition) is 4. The normalized spacial score (nSPS) is 21.2. The molecule has 134 valence electrons. The monoisotopic (exact) mass is 351 g/mol. The van der Waals surface area contributed by atoms with Crippen LogP contribution >= 0.6 is 0 Å². The van der Waals surface area contributed by atoms with E-state index in [9.17, 15) is 14.9 Å². The Morgan fingerprint density at radius 2 is 2.04 bits per heavy atom. The Bertz CT molecular complexity index is 933. The summed E-state index contributed by atoms with van der Waals surface area (Å²) in [6, 6.07) is 11.6. The Balaban J connectivity index is 1.66. The third-order valence-corrected chi connectivity index (χ3v) is 5.41. The van der Waals surface area contributed by atoms with E-state index in [0.717, 1.165) is 18.5 Å². The topological polar surface area (TPSA) is 83.9 Å². The summed E-state index contributed by atoms with van der Waals surface area (Å²) in [6.07, 6.45) is 3.02. The first-order chi connectivity index (χ1) is 12.6. The van der Waals surface area contributed by atoms with Gasteiger partial charge in [0.25, 0.3) is 0 Å². The molecular formula is C19H21N5O2. The Kier molecular flexibility index (Phi) is 3.91. The largest absolute Gasteiger partial charge is 0.350 e. The van der Waals surface area contributed by atoms with Crippen molar-refractivity contribution in [1.29, 1.82) is 5.26 Å². The van der Waals surface area contributed by atoms with Crippen molar-refractivity contribution >= 4 is 5.91 Å². The minimum atomic E-state index is -0.800. The van der Waals surface area contributed by atoms with Crippen molar-refractivity contribution < 1.29 is 4.79 Å². The Labute approximate surface area is 151 Å². The van der Waals surface area contributed by atoms with E-state index in [0.29, 0.717) is 31.8 Å². The molecule has 1 aliphatic heterocycles. The number of nitrogens with zero attached hydrogens (tertiary/aromatic N) is 5. The summed E-state index contributed by atoms with van der Waals surface area (Å²) in [5.41, 5.74) is -0.212. The van der Waals surface area contributed by atoms with E-state index in [4.69, 9.17) is 0 Å². The van der Waals surface area contributed by atoms with E-state index in [1.807, 2.05) is 30.3 Å². The van der Waals surface area contributed by atoms with E-state index in [-0.39, 0.29) is 17.5 Å². The standard InChI is InChI=1S/C19H21N5O2/c1-22-18(26)24(15-7-3-2-4-8-15)16(21-22)14-6-5-11-23(12-14)17(25)19(13-20)9-10-19/h2-4,7-8,14H,5-6,9-12H2,1H3/t14-/m1/s1. The van der Waals surface area contributed by atoms with Crippen molar-refractivity contribution in [1.82, 2.24) is 19.2 Å². The third-order valence-electron chi connectivity index (χ3n) is 5.41. The zero-order valence-electron chi connectivity index (χ0n) is 14.8. The van der Waals surface area contributed by atoms with Crippen molar-refractivity contribution in [2.45, 2.75) is 31.6 Å². The van der Waals surface area contributed by atoms with E-state index in [2.05, 4.69) is 11.2 Å². The van der Waals surface area contributed by atoms with Crippen molar-refractivity contribution in [3.05, 3.63) is 46.6 Å². The Morgan fingerprint density at radius 1 is 1.31 bits per heavy atom. The minimum Gasteiger partial charge on any atom is -0.341 e.